The third-order valence-corrected chi connectivity index (χ3v) is 8.48. The van der Waals surface area contributed by atoms with Crippen LogP contribution in [0.3, 0.4) is 0 Å². The second kappa shape index (κ2) is 10.5. The lowest BCUT2D eigenvalue weighted by Gasteiger charge is -2.20. The number of hydrogen-bond acceptors (Lipinski definition) is 6. The fourth-order valence-corrected chi connectivity index (χ4v) is 6.07. The fraction of sp³-hybridized carbons (Fsp3) is 0.409. The predicted octanol–water partition coefficient (Wildman–Crippen LogP) is 1.95. The van der Waals surface area contributed by atoms with Crippen LogP contribution in [-0.4, -0.2) is 59.5 Å². The van der Waals surface area contributed by atoms with E-state index in [-0.39, 0.29) is 24.0 Å². The van der Waals surface area contributed by atoms with Gasteiger partial charge in [-0.25, -0.2) is 16.8 Å². The van der Waals surface area contributed by atoms with Crippen molar-refractivity contribution in [3.63, 3.8) is 0 Å². The molecule has 0 unspecified atom stereocenters. The van der Waals surface area contributed by atoms with Crippen molar-refractivity contribution in [1.82, 2.24) is 9.62 Å². The van der Waals surface area contributed by atoms with Crippen LogP contribution in [0.2, 0.25) is 0 Å². The van der Waals surface area contributed by atoms with Crippen molar-refractivity contribution in [2.24, 2.45) is 0 Å². The first-order valence-corrected chi connectivity index (χ1v) is 14.0. The lowest BCUT2D eigenvalue weighted by atomic mass is 10.2. The molecule has 0 radical (unpaired) electrons. The molecule has 1 fully saturated rings. The number of nitrogens with zero attached hydrogens (tertiary/aromatic N) is 2. The summed E-state index contributed by atoms with van der Waals surface area (Å²) in [6.07, 6.45) is 2.91. The summed E-state index contributed by atoms with van der Waals surface area (Å²) in [5.41, 5.74) is 1.29. The first kappa shape index (κ1) is 25.0. The molecule has 9 nitrogen and oxygen atoms in total. The minimum absolute atomic E-state index is 0.204. The van der Waals surface area contributed by atoms with Crippen molar-refractivity contribution >= 4 is 31.6 Å². The van der Waals surface area contributed by atoms with E-state index < -0.39 is 20.0 Å². The van der Waals surface area contributed by atoms with Gasteiger partial charge in [0.2, 0.25) is 20.0 Å². The van der Waals surface area contributed by atoms with Gasteiger partial charge in [0.05, 0.1) is 16.8 Å². The summed E-state index contributed by atoms with van der Waals surface area (Å²) < 4.78 is 56.9. The van der Waals surface area contributed by atoms with Gasteiger partial charge in [-0.05, 0) is 61.7 Å². The molecule has 1 aliphatic rings. The van der Waals surface area contributed by atoms with Crippen molar-refractivity contribution < 1.29 is 26.4 Å². The number of ether oxygens (including phenoxy) is 1. The standard InChI is InChI=1S/C22H29N3O6S2/c1-3-25(32(2,27)28)19-8-10-20(11-9-19)31-17-22(26)23-16-18-6-12-21(13-7-18)33(29,30)24-14-4-5-15-24/h6-13H,3-5,14-17H2,1-2H3,(H,23,26). The highest BCUT2D eigenvalue weighted by atomic mass is 32.2. The molecule has 3 rings (SSSR count). The number of hydrogen-bond donors (Lipinski definition) is 1. The van der Waals surface area contributed by atoms with Gasteiger partial charge in [-0.2, -0.15) is 4.31 Å². The van der Waals surface area contributed by atoms with Gasteiger partial charge in [0.25, 0.3) is 5.91 Å². The van der Waals surface area contributed by atoms with Crippen LogP contribution in [0, 0.1) is 0 Å². The van der Waals surface area contributed by atoms with E-state index >= 15 is 0 Å². The second-order valence-corrected chi connectivity index (χ2v) is 11.6. The molecule has 180 valence electrons. The van der Waals surface area contributed by atoms with Gasteiger partial charge >= 0.3 is 0 Å². The molecule has 11 heteroatoms. The maximum absolute atomic E-state index is 12.6. The van der Waals surface area contributed by atoms with E-state index in [9.17, 15) is 21.6 Å². The number of nitrogens with one attached hydrogen (secondary N) is 1. The van der Waals surface area contributed by atoms with E-state index in [0.717, 1.165) is 24.7 Å². The smallest absolute Gasteiger partial charge is 0.258 e. The maximum Gasteiger partial charge on any atom is 0.258 e. The quantitative estimate of drug-likeness (QED) is 0.539. The topological polar surface area (TPSA) is 113 Å². The molecule has 1 amide bonds. The van der Waals surface area contributed by atoms with E-state index in [0.29, 0.717) is 31.1 Å². The molecule has 0 aromatic heterocycles. The van der Waals surface area contributed by atoms with Crippen molar-refractivity contribution in [2.45, 2.75) is 31.2 Å². The van der Waals surface area contributed by atoms with E-state index in [4.69, 9.17) is 4.74 Å². The van der Waals surface area contributed by atoms with Crippen LogP contribution < -0.4 is 14.4 Å². The fourth-order valence-electron chi connectivity index (χ4n) is 3.57. The molecule has 0 bridgehead atoms. The Bertz CT molecular complexity index is 1160. The molecule has 33 heavy (non-hydrogen) atoms. The van der Waals surface area contributed by atoms with E-state index in [1.165, 1.54) is 8.61 Å². The summed E-state index contributed by atoms with van der Waals surface area (Å²) >= 11 is 0. The van der Waals surface area contributed by atoms with Crippen LogP contribution in [0.5, 0.6) is 5.75 Å². The molecule has 0 atom stereocenters. The Labute approximate surface area is 195 Å². The molecule has 0 saturated carbocycles. The number of sulfonamides is 2. The second-order valence-electron chi connectivity index (χ2n) is 7.74. The summed E-state index contributed by atoms with van der Waals surface area (Å²) in [5.74, 6) is 0.106. The minimum Gasteiger partial charge on any atom is -0.484 e. The van der Waals surface area contributed by atoms with Crippen LogP contribution in [0.4, 0.5) is 5.69 Å². The first-order valence-electron chi connectivity index (χ1n) is 10.7. The van der Waals surface area contributed by atoms with Gasteiger partial charge in [-0.15, -0.1) is 0 Å². The third-order valence-electron chi connectivity index (χ3n) is 5.30. The number of anilines is 1. The van der Waals surface area contributed by atoms with Crippen molar-refractivity contribution in [1.29, 1.82) is 0 Å². The summed E-state index contributed by atoms with van der Waals surface area (Å²) in [4.78, 5) is 12.4. The Hall–Kier alpha value is -2.63. The van der Waals surface area contributed by atoms with Crippen LogP contribution in [0.25, 0.3) is 0 Å². The monoisotopic (exact) mass is 495 g/mol. The zero-order valence-electron chi connectivity index (χ0n) is 18.7. The molecule has 0 spiro atoms. The average molecular weight is 496 g/mol. The highest BCUT2D eigenvalue weighted by Gasteiger charge is 2.26. The third kappa shape index (κ3) is 6.46. The first-order chi connectivity index (χ1) is 15.6. The average Bonchev–Trinajstić information content (AvgIpc) is 3.33. The van der Waals surface area contributed by atoms with E-state index in [1.807, 2.05) is 0 Å². The Balaban J connectivity index is 1.49. The molecule has 1 heterocycles. The number of amides is 1. The minimum atomic E-state index is -3.45. The zero-order chi connectivity index (χ0) is 24.1. The van der Waals surface area contributed by atoms with Crippen LogP contribution >= 0.6 is 0 Å². The SMILES string of the molecule is CCN(c1ccc(OCC(=O)NCc2ccc(S(=O)(=O)N3CCCC3)cc2)cc1)S(C)(=O)=O. The van der Waals surface area contributed by atoms with Crippen molar-refractivity contribution in [3.05, 3.63) is 54.1 Å². The molecule has 1 N–H and O–H groups in total. The van der Waals surface area contributed by atoms with E-state index in [2.05, 4.69) is 5.32 Å². The van der Waals surface area contributed by atoms with Gasteiger partial charge in [-0.1, -0.05) is 12.1 Å². The highest BCUT2D eigenvalue weighted by molar-refractivity contribution is 7.92. The van der Waals surface area contributed by atoms with Gasteiger partial charge < -0.3 is 10.1 Å². The molecular formula is C22H29N3O6S2. The predicted molar refractivity (Wildman–Crippen MR) is 126 cm³/mol. The number of rotatable bonds is 10. The van der Waals surface area contributed by atoms with Gasteiger partial charge in [0.1, 0.15) is 5.75 Å². The van der Waals surface area contributed by atoms with E-state index in [1.54, 1.807) is 55.5 Å². The summed E-state index contributed by atoms with van der Waals surface area (Å²) in [7, 11) is -6.82. The van der Waals surface area contributed by atoms with Crippen LogP contribution in [-0.2, 0) is 31.4 Å². The molecular weight excluding hydrogens is 466 g/mol. The summed E-state index contributed by atoms with van der Waals surface area (Å²) in [5, 5.41) is 2.73. The Kier molecular flexibility index (Phi) is 7.98. The van der Waals surface area contributed by atoms with Crippen LogP contribution in [0.15, 0.2) is 53.4 Å². The van der Waals surface area contributed by atoms with Crippen molar-refractivity contribution in [3.8, 4) is 5.75 Å². The van der Waals surface area contributed by atoms with Crippen molar-refractivity contribution in [2.75, 3.05) is 36.8 Å². The Morgan fingerprint density at radius 2 is 1.61 bits per heavy atom. The molecule has 0 aliphatic carbocycles. The lowest BCUT2D eigenvalue weighted by molar-refractivity contribution is -0.123. The van der Waals surface area contributed by atoms with Gasteiger partial charge in [0.15, 0.2) is 6.61 Å². The van der Waals surface area contributed by atoms with Crippen LogP contribution in [0.1, 0.15) is 25.3 Å². The Morgan fingerprint density at radius 1 is 1.00 bits per heavy atom. The molecule has 2 aromatic rings. The summed E-state index contributed by atoms with van der Waals surface area (Å²) in [6, 6.07) is 12.9. The lowest BCUT2D eigenvalue weighted by Crippen LogP contribution is -2.29. The summed E-state index contributed by atoms with van der Waals surface area (Å²) in [6.45, 7) is 3.20. The number of carbonyl (C=O) groups excluding carboxylic acids is 1. The molecule has 1 aliphatic heterocycles. The Morgan fingerprint density at radius 3 is 2.15 bits per heavy atom. The highest BCUT2D eigenvalue weighted by Crippen LogP contribution is 2.22. The normalized spacial score (nSPS) is 14.7. The largest absolute Gasteiger partial charge is 0.484 e. The zero-order valence-corrected chi connectivity index (χ0v) is 20.4. The number of carbonyl (C=O) groups is 1. The molecule has 2 aromatic carbocycles. The number of benzene rings is 2. The van der Waals surface area contributed by atoms with Gasteiger partial charge in [-0.3, -0.25) is 9.10 Å². The molecule has 1 saturated heterocycles. The maximum atomic E-state index is 12.6. The van der Waals surface area contributed by atoms with Gasteiger partial charge in [0, 0.05) is 26.2 Å².